The summed E-state index contributed by atoms with van der Waals surface area (Å²) < 4.78 is 0. The summed E-state index contributed by atoms with van der Waals surface area (Å²) in [6.45, 7) is 6.37. The summed E-state index contributed by atoms with van der Waals surface area (Å²) in [5, 5.41) is 26.0. The van der Waals surface area contributed by atoms with Gasteiger partial charge >= 0.3 is 5.69 Å². The van der Waals surface area contributed by atoms with Crippen LogP contribution in [0.1, 0.15) is 33.6 Å². The standard InChI is InChI=1S/C16H20N4O4/c1-11-5-4-8-16(2,3)13(11)10-17-18-14-7-6-12(19(21)22)9-15(14)20(23)24/h5-7,9-10,13,18H,4,8H2,1-3H3/b17-10+. The summed E-state index contributed by atoms with van der Waals surface area (Å²) in [6, 6.07) is 3.43. The quantitative estimate of drug-likeness (QED) is 0.374. The van der Waals surface area contributed by atoms with Crippen LogP contribution in [0.5, 0.6) is 0 Å². The lowest BCUT2D eigenvalue weighted by Gasteiger charge is -2.35. The predicted molar refractivity (Wildman–Crippen MR) is 92.1 cm³/mol. The Hall–Kier alpha value is -2.77. The van der Waals surface area contributed by atoms with E-state index in [9.17, 15) is 20.2 Å². The maximum atomic E-state index is 11.1. The number of allylic oxidation sites excluding steroid dienone is 2. The number of hydrogen-bond donors (Lipinski definition) is 1. The van der Waals surface area contributed by atoms with E-state index in [1.807, 2.05) is 6.92 Å². The summed E-state index contributed by atoms with van der Waals surface area (Å²) in [5.74, 6) is 0.135. The largest absolute Gasteiger partial charge is 0.301 e. The Bertz CT molecular complexity index is 725. The molecule has 1 aromatic carbocycles. The van der Waals surface area contributed by atoms with Crippen molar-refractivity contribution in [3.05, 3.63) is 50.1 Å². The summed E-state index contributed by atoms with van der Waals surface area (Å²) in [5.41, 5.74) is 3.34. The summed E-state index contributed by atoms with van der Waals surface area (Å²) >= 11 is 0. The number of nitro groups is 2. The van der Waals surface area contributed by atoms with E-state index in [0.717, 1.165) is 18.9 Å². The van der Waals surface area contributed by atoms with Crippen molar-refractivity contribution in [3.8, 4) is 0 Å². The number of non-ortho nitro benzene ring substituents is 1. The van der Waals surface area contributed by atoms with Crippen molar-refractivity contribution in [1.82, 2.24) is 0 Å². The Morgan fingerprint density at radius 1 is 1.29 bits per heavy atom. The van der Waals surface area contributed by atoms with Crippen LogP contribution in [0, 0.1) is 31.6 Å². The zero-order chi connectivity index (χ0) is 17.9. The lowest BCUT2D eigenvalue weighted by molar-refractivity contribution is -0.393. The fourth-order valence-electron chi connectivity index (χ4n) is 2.95. The van der Waals surface area contributed by atoms with Gasteiger partial charge in [-0.25, -0.2) is 0 Å². The van der Waals surface area contributed by atoms with E-state index in [0.29, 0.717) is 0 Å². The van der Waals surface area contributed by atoms with Crippen LogP contribution in [0.25, 0.3) is 0 Å². The van der Waals surface area contributed by atoms with Gasteiger partial charge in [-0.05, 0) is 31.2 Å². The summed E-state index contributed by atoms with van der Waals surface area (Å²) in [4.78, 5) is 20.5. The molecule has 0 saturated carbocycles. The molecule has 1 atom stereocenters. The van der Waals surface area contributed by atoms with Gasteiger partial charge in [0.15, 0.2) is 0 Å². The van der Waals surface area contributed by atoms with Crippen LogP contribution in [0.4, 0.5) is 17.1 Å². The molecule has 0 saturated heterocycles. The van der Waals surface area contributed by atoms with E-state index < -0.39 is 9.85 Å². The van der Waals surface area contributed by atoms with Crippen molar-refractivity contribution in [2.45, 2.75) is 33.6 Å². The SMILES string of the molecule is CC1=CCCC(C)(C)C1/C=N/Nc1ccc([N+](=O)[O-])cc1[N+](=O)[O-]. The van der Waals surface area contributed by atoms with Gasteiger partial charge in [-0.15, -0.1) is 0 Å². The number of nitrogens with zero attached hydrogens (tertiary/aromatic N) is 3. The molecule has 0 bridgehead atoms. The molecule has 24 heavy (non-hydrogen) atoms. The Morgan fingerprint density at radius 3 is 2.58 bits per heavy atom. The lowest BCUT2D eigenvalue weighted by Crippen LogP contribution is -2.29. The number of nitro benzene ring substituents is 2. The molecule has 0 radical (unpaired) electrons. The Labute approximate surface area is 139 Å². The molecule has 0 fully saturated rings. The van der Waals surface area contributed by atoms with Crippen LogP contribution in [-0.4, -0.2) is 16.1 Å². The molecule has 1 aliphatic rings. The van der Waals surface area contributed by atoms with Gasteiger partial charge in [0.1, 0.15) is 5.69 Å². The van der Waals surface area contributed by atoms with Crippen LogP contribution in [0.3, 0.4) is 0 Å². The lowest BCUT2D eigenvalue weighted by atomic mass is 9.69. The highest BCUT2D eigenvalue weighted by atomic mass is 16.6. The maximum Gasteiger partial charge on any atom is 0.301 e. The third-order valence-electron chi connectivity index (χ3n) is 4.38. The van der Waals surface area contributed by atoms with Crippen molar-refractivity contribution < 1.29 is 9.85 Å². The van der Waals surface area contributed by atoms with E-state index in [4.69, 9.17) is 0 Å². The monoisotopic (exact) mass is 332 g/mol. The van der Waals surface area contributed by atoms with Gasteiger partial charge < -0.3 is 0 Å². The molecule has 0 aromatic heterocycles. The third-order valence-corrected chi connectivity index (χ3v) is 4.38. The van der Waals surface area contributed by atoms with Crippen molar-refractivity contribution in [2.24, 2.45) is 16.4 Å². The van der Waals surface area contributed by atoms with Crippen molar-refractivity contribution in [3.63, 3.8) is 0 Å². The molecule has 128 valence electrons. The second-order valence-electron chi connectivity index (χ2n) is 6.56. The number of hydrazone groups is 1. The topological polar surface area (TPSA) is 111 Å². The normalized spacial score (nSPS) is 19.8. The van der Waals surface area contributed by atoms with Crippen LogP contribution in [-0.2, 0) is 0 Å². The van der Waals surface area contributed by atoms with Crippen molar-refractivity contribution >= 4 is 23.3 Å². The number of anilines is 1. The molecule has 1 N–H and O–H groups in total. The number of hydrogen-bond acceptors (Lipinski definition) is 6. The smallest absolute Gasteiger partial charge is 0.272 e. The molecule has 1 unspecified atom stereocenters. The van der Waals surface area contributed by atoms with Crippen molar-refractivity contribution in [1.29, 1.82) is 0 Å². The van der Waals surface area contributed by atoms with Crippen LogP contribution >= 0.6 is 0 Å². The van der Waals surface area contributed by atoms with E-state index in [-0.39, 0.29) is 28.4 Å². The van der Waals surface area contributed by atoms with E-state index >= 15 is 0 Å². The summed E-state index contributed by atoms with van der Waals surface area (Å²) in [6.07, 6.45) is 6.00. The molecule has 1 aliphatic carbocycles. The van der Waals surface area contributed by atoms with Crippen molar-refractivity contribution in [2.75, 3.05) is 5.43 Å². The first-order chi connectivity index (χ1) is 11.2. The second kappa shape index (κ2) is 6.77. The van der Waals surface area contributed by atoms with E-state index in [2.05, 4.69) is 30.5 Å². The molecule has 0 heterocycles. The van der Waals surface area contributed by atoms with Gasteiger partial charge in [0.25, 0.3) is 5.69 Å². The van der Waals surface area contributed by atoms with Gasteiger partial charge in [-0.1, -0.05) is 25.5 Å². The number of rotatable bonds is 5. The molecule has 0 aliphatic heterocycles. The summed E-state index contributed by atoms with van der Waals surface area (Å²) in [7, 11) is 0. The minimum absolute atomic E-state index is 0.0609. The van der Waals surface area contributed by atoms with Crippen LogP contribution < -0.4 is 5.43 Å². The van der Waals surface area contributed by atoms with Gasteiger partial charge in [0, 0.05) is 18.2 Å². The van der Waals surface area contributed by atoms with Gasteiger partial charge in [-0.2, -0.15) is 5.10 Å². The highest BCUT2D eigenvalue weighted by Crippen LogP contribution is 2.39. The molecule has 8 nitrogen and oxygen atoms in total. The zero-order valence-electron chi connectivity index (χ0n) is 13.9. The first-order valence-electron chi connectivity index (χ1n) is 7.61. The number of nitrogens with one attached hydrogen (secondary N) is 1. The first-order valence-corrected chi connectivity index (χ1v) is 7.61. The van der Waals surface area contributed by atoms with Gasteiger partial charge in [0.05, 0.1) is 15.9 Å². The third kappa shape index (κ3) is 3.76. The molecule has 1 aromatic rings. The molecule has 2 rings (SSSR count). The molecule has 0 spiro atoms. The minimum atomic E-state index is -0.668. The van der Waals surface area contributed by atoms with Gasteiger partial charge in [0.2, 0.25) is 0 Å². The highest BCUT2D eigenvalue weighted by molar-refractivity contribution is 5.70. The molecule has 0 amide bonds. The first kappa shape index (κ1) is 17.6. The van der Waals surface area contributed by atoms with E-state index in [1.54, 1.807) is 6.21 Å². The Kier molecular flexibility index (Phi) is 4.96. The fraction of sp³-hybridized carbons (Fsp3) is 0.438. The molecule has 8 heteroatoms. The molecular formula is C16H20N4O4. The fourth-order valence-corrected chi connectivity index (χ4v) is 2.95. The van der Waals surface area contributed by atoms with E-state index in [1.165, 1.54) is 17.7 Å². The number of benzene rings is 1. The average molecular weight is 332 g/mol. The molecular weight excluding hydrogens is 312 g/mol. The maximum absolute atomic E-state index is 11.1. The Morgan fingerprint density at radius 2 is 2.00 bits per heavy atom. The zero-order valence-corrected chi connectivity index (χ0v) is 13.9. The highest BCUT2D eigenvalue weighted by Gasteiger charge is 2.31. The van der Waals surface area contributed by atoms with Gasteiger partial charge in [-0.3, -0.25) is 25.7 Å². The average Bonchev–Trinajstić information content (AvgIpc) is 2.49. The van der Waals surface area contributed by atoms with Crippen LogP contribution in [0.15, 0.2) is 34.9 Å². The predicted octanol–water partition coefficient (Wildman–Crippen LogP) is 4.28. The minimum Gasteiger partial charge on any atom is -0.272 e. The van der Waals surface area contributed by atoms with Crippen LogP contribution in [0.2, 0.25) is 0 Å². The Balaban J connectivity index is 2.22. The second-order valence-corrected chi connectivity index (χ2v) is 6.56.